The first-order chi connectivity index (χ1) is 9.93. The third-order valence-corrected chi connectivity index (χ3v) is 3.62. The largest absolute Gasteiger partial charge is 0.383 e. The quantitative estimate of drug-likeness (QED) is 0.572. The van der Waals surface area contributed by atoms with E-state index in [0.717, 1.165) is 6.42 Å². The molecule has 1 rings (SSSR count). The second-order valence-electron chi connectivity index (χ2n) is 4.64. The minimum Gasteiger partial charge on any atom is -0.383 e. The number of benzene rings is 1. The van der Waals surface area contributed by atoms with Gasteiger partial charge in [0.05, 0.1) is 11.5 Å². The lowest BCUT2D eigenvalue weighted by Crippen LogP contribution is -2.40. The number of ether oxygens (including phenoxy) is 1. The van der Waals surface area contributed by atoms with Gasteiger partial charge in [0.2, 0.25) is 0 Å². The molecule has 1 amide bonds. The fourth-order valence-electron chi connectivity index (χ4n) is 1.96. The van der Waals surface area contributed by atoms with Crippen LogP contribution in [-0.2, 0) is 4.74 Å². The summed E-state index contributed by atoms with van der Waals surface area (Å²) in [5.74, 6) is -0.407. The Balaban J connectivity index is 3.20. The molecule has 0 spiro atoms. The second kappa shape index (κ2) is 7.95. The monoisotopic (exact) mass is 314 g/mol. The highest BCUT2D eigenvalue weighted by Gasteiger charge is 2.28. The van der Waals surface area contributed by atoms with Gasteiger partial charge in [0.15, 0.2) is 0 Å². The average Bonchev–Trinajstić information content (AvgIpc) is 2.46. The van der Waals surface area contributed by atoms with Crippen molar-refractivity contribution in [3.8, 4) is 0 Å². The molecular weight excluding hydrogens is 296 g/mol. The number of hydrogen-bond donors (Lipinski definition) is 0. The third-order valence-electron chi connectivity index (χ3n) is 3.32. The van der Waals surface area contributed by atoms with E-state index in [9.17, 15) is 14.9 Å². The molecule has 21 heavy (non-hydrogen) atoms. The molecule has 0 aliphatic carbocycles. The fraction of sp³-hybridized carbons (Fsp3) is 0.500. The molecular formula is C14H19ClN2O4. The first-order valence-electron chi connectivity index (χ1n) is 6.66. The van der Waals surface area contributed by atoms with E-state index < -0.39 is 10.8 Å². The molecule has 1 aromatic rings. The van der Waals surface area contributed by atoms with Crippen molar-refractivity contribution in [1.82, 2.24) is 4.90 Å². The van der Waals surface area contributed by atoms with Crippen LogP contribution in [0.3, 0.4) is 0 Å². The van der Waals surface area contributed by atoms with Crippen LogP contribution >= 0.6 is 11.6 Å². The van der Waals surface area contributed by atoms with Gasteiger partial charge >= 0.3 is 5.69 Å². The van der Waals surface area contributed by atoms with E-state index in [1.807, 2.05) is 13.8 Å². The van der Waals surface area contributed by atoms with Crippen molar-refractivity contribution < 1.29 is 14.5 Å². The number of carbonyl (C=O) groups is 1. The number of amides is 1. The molecule has 0 radical (unpaired) electrons. The molecule has 0 bridgehead atoms. The van der Waals surface area contributed by atoms with E-state index in [1.165, 1.54) is 18.2 Å². The number of carbonyl (C=O) groups excluding carboxylic acids is 1. The molecule has 0 N–H and O–H groups in total. The fourth-order valence-corrected chi connectivity index (χ4v) is 2.20. The summed E-state index contributed by atoms with van der Waals surface area (Å²) in [5, 5.41) is 11.1. The molecule has 1 unspecified atom stereocenters. The number of hydrogen-bond acceptors (Lipinski definition) is 4. The van der Waals surface area contributed by atoms with Gasteiger partial charge in [-0.3, -0.25) is 14.9 Å². The van der Waals surface area contributed by atoms with E-state index in [-0.39, 0.29) is 22.3 Å². The van der Waals surface area contributed by atoms with Crippen LogP contribution in [0.2, 0.25) is 5.02 Å². The van der Waals surface area contributed by atoms with Gasteiger partial charge in [0, 0.05) is 19.7 Å². The second-order valence-corrected chi connectivity index (χ2v) is 5.05. The molecule has 0 saturated carbocycles. The summed E-state index contributed by atoms with van der Waals surface area (Å²) >= 11 is 5.85. The molecule has 6 nitrogen and oxygen atoms in total. The highest BCUT2D eigenvalue weighted by molar-refractivity contribution is 6.33. The maximum absolute atomic E-state index is 12.6. The Morgan fingerprint density at radius 2 is 2.19 bits per heavy atom. The summed E-state index contributed by atoms with van der Waals surface area (Å²) in [4.78, 5) is 24.7. The van der Waals surface area contributed by atoms with Crippen LogP contribution < -0.4 is 0 Å². The molecule has 0 aliphatic rings. The van der Waals surface area contributed by atoms with Gasteiger partial charge in [-0.25, -0.2) is 0 Å². The Labute approximate surface area is 128 Å². The van der Waals surface area contributed by atoms with Crippen molar-refractivity contribution in [3.05, 3.63) is 38.9 Å². The molecule has 1 atom stereocenters. The van der Waals surface area contributed by atoms with Crippen molar-refractivity contribution in [2.75, 3.05) is 20.3 Å². The molecule has 116 valence electrons. The highest BCUT2D eigenvalue weighted by Crippen LogP contribution is 2.29. The predicted molar refractivity (Wildman–Crippen MR) is 80.8 cm³/mol. The summed E-state index contributed by atoms with van der Waals surface area (Å²) in [6.07, 6.45) is 0.740. The van der Waals surface area contributed by atoms with Gasteiger partial charge in [0.25, 0.3) is 5.91 Å². The van der Waals surface area contributed by atoms with Crippen LogP contribution in [0.4, 0.5) is 5.69 Å². The van der Waals surface area contributed by atoms with Crippen molar-refractivity contribution in [1.29, 1.82) is 0 Å². The Bertz CT molecular complexity index is 522. The zero-order valence-corrected chi connectivity index (χ0v) is 13.1. The van der Waals surface area contributed by atoms with Gasteiger partial charge in [-0.15, -0.1) is 0 Å². The third kappa shape index (κ3) is 4.15. The van der Waals surface area contributed by atoms with Gasteiger partial charge < -0.3 is 9.64 Å². The van der Waals surface area contributed by atoms with E-state index in [4.69, 9.17) is 16.3 Å². The van der Waals surface area contributed by atoms with Crippen LogP contribution in [0.1, 0.15) is 30.6 Å². The molecule has 0 saturated heterocycles. The van der Waals surface area contributed by atoms with Crippen LogP contribution in [0, 0.1) is 10.1 Å². The van der Waals surface area contributed by atoms with E-state index in [2.05, 4.69) is 0 Å². The lowest BCUT2D eigenvalue weighted by Gasteiger charge is -2.28. The summed E-state index contributed by atoms with van der Waals surface area (Å²) < 4.78 is 5.00. The van der Waals surface area contributed by atoms with Crippen LogP contribution in [0.5, 0.6) is 0 Å². The Morgan fingerprint density at radius 1 is 1.52 bits per heavy atom. The van der Waals surface area contributed by atoms with Crippen molar-refractivity contribution >= 4 is 23.2 Å². The molecule has 0 aromatic heterocycles. The van der Waals surface area contributed by atoms with E-state index >= 15 is 0 Å². The normalized spacial score (nSPS) is 12.0. The Morgan fingerprint density at radius 3 is 2.71 bits per heavy atom. The molecule has 1 aromatic carbocycles. The molecule has 0 fully saturated rings. The summed E-state index contributed by atoms with van der Waals surface area (Å²) in [6, 6.07) is 4.31. The zero-order valence-electron chi connectivity index (χ0n) is 12.3. The minimum absolute atomic E-state index is 0.00361. The van der Waals surface area contributed by atoms with Crippen LogP contribution in [-0.4, -0.2) is 42.0 Å². The van der Waals surface area contributed by atoms with Gasteiger partial charge in [-0.2, -0.15) is 0 Å². The predicted octanol–water partition coefficient (Wildman–Crippen LogP) is 3.14. The van der Waals surface area contributed by atoms with Crippen LogP contribution in [0.25, 0.3) is 0 Å². The van der Waals surface area contributed by atoms with Crippen molar-refractivity contribution in [2.24, 2.45) is 0 Å². The SMILES string of the molecule is CCC(C)N(CCOC)C(=O)c1cccc(Cl)c1[N+](=O)[O-]. The number of nitrogens with zero attached hydrogens (tertiary/aromatic N) is 2. The number of nitro groups is 1. The van der Waals surface area contributed by atoms with Crippen molar-refractivity contribution in [3.63, 3.8) is 0 Å². The molecule has 0 aliphatic heterocycles. The lowest BCUT2D eigenvalue weighted by atomic mass is 10.1. The number of rotatable bonds is 7. The highest BCUT2D eigenvalue weighted by atomic mass is 35.5. The van der Waals surface area contributed by atoms with Gasteiger partial charge in [0.1, 0.15) is 10.6 Å². The number of methoxy groups -OCH3 is 1. The van der Waals surface area contributed by atoms with Crippen LogP contribution in [0.15, 0.2) is 18.2 Å². The lowest BCUT2D eigenvalue weighted by molar-refractivity contribution is -0.385. The molecule has 7 heteroatoms. The average molecular weight is 315 g/mol. The first-order valence-corrected chi connectivity index (χ1v) is 7.04. The smallest absolute Gasteiger partial charge is 0.300 e. The minimum atomic E-state index is -0.624. The maximum Gasteiger partial charge on any atom is 0.300 e. The number of halogens is 1. The molecule has 0 heterocycles. The maximum atomic E-state index is 12.6. The summed E-state index contributed by atoms with van der Waals surface area (Å²) in [5.41, 5.74) is -0.348. The summed E-state index contributed by atoms with van der Waals surface area (Å²) in [6.45, 7) is 4.58. The van der Waals surface area contributed by atoms with Crippen molar-refractivity contribution in [2.45, 2.75) is 26.3 Å². The van der Waals surface area contributed by atoms with E-state index in [0.29, 0.717) is 13.2 Å². The zero-order chi connectivity index (χ0) is 16.0. The topological polar surface area (TPSA) is 72.7 Å². The standard InChI is InChI=1S/C14H19ClN2O4/c1-4-10(2)16(8-9-21-3)14(18)11-6-5-7-12(15)13(11)17(19)20/h5-7,10H,4,8-9H2,1-3H3. The van der Waals surface area contributed by atoms with E-state index in [1.54, 1.807) is 12.0 Å². The Kier molecular flexibility index (Phi) is 6.58. The van der Waals surface area contributed by atoms with Gasteiger partial charge in [-0.1, -0.05) is 24.6 Å². The first kappa shape index (κ1) is 17.4. The number of nitro benzene ring substituents is 1. The summed E-state index contributed by atoms with van der Waals surface area (Å²) in [7, 11) is 1.54. The number of para-hydroxylation sites is 1. The Hall–Kier alpha value is -1.66. The van der Waals surface area contributed by atoms with Gasteiger partial charge in [-0.05, 0) is 25.5 Å².